The van der Waals surface area contributed by atoms with Crippen LogP contribution in [-0.4, -0.2) is 27.9 Å². The molecule has 1 aromatic heterocycles. The number of hydrogen-bond acceptors (Lipinski definition) is 6. The number of carbonyl (C=O) groups excluding carboxylic acids is 1. The Kier molecular flexibility index (Phi) is 6.45. The number of thioether (sulfide) groups is 1. The summed E-state index contributed by atoms with van der Waals surface area (Å²) >= 11 is 1.21. The zero-order chi connectivity index (χ0) is 19.9. The molecule has 1 atom stereocenters. The number of nitriles is 1. The predicted molar refractivity (Wildman–Crippen MR) is 109 cm³/mol. The molecule has 0 fully saturated rings. The summed E-state index contributed by atoms with van der Waals surface area (Å²) in [5.74, 6) is 0.311. The Labute approximate surface area is 168 Å². The molecule has 3 rings (SSSR count). The van der Waals surface area contributed by atoms with E-state index in [0.717, 1.165) is 16.8 Å². The number of nitrogens with zero attached hydrogens (tertiary/aromatic N) is 4. The normalized spacial score (nSPS) is 11.6. The van der Waals surface area contributed by atoms with Crippen LogP contribution >= 0.6 is 11.8 Å². The quantitative estimate of drug-likeness (QED) is 0.552. The molecule has 1 unspecified atom stereocenters. The minimum absolute atomic E-state index is 0.108. The highest BCUT2D eigenvalue weighted by molar-refractivity contribution is 8.00. The van der Waals surface area contributed by atoms with Gasteiger partial charge >= 0.3 is 0 Å². The zero-order valence-electron chi connectivity index (χ0n) is 15.7. The van der Waals surface area contributed by atoms with Crippen LogP contribution in [0.4, 0.5) is 5.69 Å². The lowest BCUT2D eigenvalue weighted by Crippen LogP contribution is -2.37. The van der Waals surface area contributed by atoms with Gasteiger partial charge in [-0.25, -0.2) is 0 Å². The van der Waals surface area contributed by atoms with Gasteiger partial charge in [0.1, 0.15) is 0 Å². The summed E-state index contributed by atoms with van der Waals surface area (Å²) in [5, 5.41) is 16.9. The third kappa shape index (κ3) is 4.78. The molecular formula is C21H20N4O2S. The summed E-state index contributed by atoms with van der Waals surface area (Å²) in [6.45, 7) is 4.12. The minimum atomic E-state index is -0.441. The molecule has 142 valence electrons. The third-order valence-corrected chi connectivity index (χ3v) is 5.03. The number of hydrogen-bond donors (Lipinski definition) is 0. The second kappa shape index (κ2) is 9.20. The molecule has 0 bridgehead atoms. The fraction of sp³-hybridized carbons (Fsp3) is 0.238. The highest BCUT2D eigenvalue weighted by Crippen LogP contribution is 2.28. The predicted octanol–water partition coefficient (Wildman–Crippen LogP) is 4.47. The summed E-state index contributed by atoms with van der Waals surface area (Å²) < 4.78 is 5.69. The molecular weight excluding hydrogens is 372 g/mol. The van der Waals surface area contributed by atoms with Crippen LogP contribution in [0.3, 0.4) is 0 Å². The molecule has 0 aliphatic heterocycles. The van der Waals surface area contributed by atoms with E-state index >= 15 is 0 Å². The number of benzene rings is 2. The maximum absolute atomic E-state index is 13.0. The lowest BCUT2D eigenvalue weighted by atomic mass is 10.2. The molecule has 2 aromatic carbocycles. The number of aromatic nitrogens is 2. The van der Waals surface area contributed by atoms with E-state index in [4.69, 9.17) is 9.68 Å². The van der Waals surface area contributed by atoms with Crippen molar-refractivity contribution < 1.29 is 9.21 Å². The Morgan fingerprint density at radius 1 is 1.18 bits per heavy atom. The molecule has 0 spiro atoms. The smallest absolute Gasteiger partial charge is 0.277 e. The summed E-state index contributed by atoms with van der Waals surface area (Å²) in [4.78, 5) is 14.7. The van der Waals surface area contributed by atoms with Crippen molar-refractivity contribution in [2.24, 2.45) is 0 Å². The van der Waals surface area contributed by atoms with Crippen molar-refractivity contribution in [3.63, 3.8) is 0 Å². The Bertz CT molecular complexity index is 964. The van der Waals surface area contributed by atoms with Gasteiger partial charge in [0, 0.05) is 17.8 Å². The Balaban J connectivity index is 1.73. The van der Waals surface area contributed by atoms with E-state index in [1.807, 2.05) is 61.5 Å². The first-order chi connectivity index (χ1) is 13.6. The van der Waals surface area contributed by atoms with Gasteiger partial charge in [0.2, 0.25) is 11.8 Å². The fourth-order valence-corrected chi connectivity index (χ4v) is 3.37. The van der Waals surface area contributed by atoms with Gasteiger partial charge in [-0.15, -0.1) is 10.2 Å². The van der Waals surface area contributed by atoms with E-state index in [0.29, 0.717) is 17.7 Å². The molecule has 3 aromatic rings. The average molecular weight is 392 g/mol. The summed E-state index contributed by atoms with van der Waals surface area (Å²) in [6, 6.07) is 19.3. The molecule has 1 heterocycles. The van der Waals surface area contributed by atoms with E-state index < -0.39 is 5.25 Å². The second-order valence-electron chi connectivity index (χ2n) is 6.23. The number of anilines is 1. The lowest BCUT2D eigenvalue weighted by Gasteiger charge is -2.24. The van der Waals surface area contributed by atoms with Crippen molar-refractivity contribution in [1.29, 1.82) is 5.26 Å². The number of aryl methyl sites for hydroxylation is 1. The molecule has 0 aliphatic rings. The van der Waals surface area contributed by atoms with Crippen LogP contribution in [0.1, 0.15) is 18.9 Å². The Hall–Kier alpha value is -3.11. The first kappa shape index (κ1) is 19.6. The molecule has 1 amide bonds. The Morgan fingerprint density at radius 3 is 2.57 bits per heavy atom. The van der Waals surface area contributed by atoms with Gasteiger partial charge in [-0.3, -0.25) is 4.79 Å². The van der Waals surface area contributed by atoms with Crippen molar-refractivity contribution in [1.82, 2.24) is 10.2 Å². The van der Waals surface area contributed by atoms with Crippen molar-refractivity contribution in [3.05, 3.63) is 60.2 Å². The van der Waals surface area contributed by atoms with Crippen LogP contribution in [-0.2, 0) is 4.79 Å². The van der Waals surface area contributed by atoms with Crippen LogP contribution in [0, 0.1) is 18.3 Å². The van der Waals surface area contributed by atoms with Crippen LogP contribution in [0.2, 0.25) is 0 Å². The number of amides is 1. The minimum Gasteiger partial charge on any atom is -0.411 e. The van der Waals surface area contributed by atoms with Crippen molar-refractivity contribution >= 4 is 23.4 Å². The third-order valence-electron chi connectivity index (χ3n) is 4.11. The summed E-state index contributed by atoms with van der Waals surface area (Å²) in [6.07, 6.45) is 0.260. The van der Waals surface area contributed by atoms with Gasteiger partial charge in [-0.2, -0.15) is 5.26 Å². The van der Waals surface area contributed by atoms with Crippen molar-refractivity contribution in [3.8, 4) is 17.5 Å². The SMILES string of the molecule is Cc1ccc(N(CCC#N)C(=O)C(C)Sc2nnc(-c3ccccc3)o2)cc1. The largest absolute Gasteiger partial charge is 0.411 e. The van der Waals surface area contributed by atoms with Crippen LogP contribution in [0.15, 0.2) is 64.2 Å². The van der Waals surface area contributed by atoms with Crippen molar-refractivity contribution in [2.75, 3.05) is 11.4 Å². The fourth-order valence-electron chi connectivity index (χ4n) is 2.63. The lowest BCUT2D eigenvalue weighted by molar-refractivity contribution is -0.117. The number of carbonyl (C=O) groups is 1. The highest BCUT2D eigenvalue weighted by Gasteiger charge is 2.25. The molecule has 0 N–H and O–H groups in total. The monoisotopic (exact) mass is 392 g/mol. The molecule has 0 radical (unpaired) electrons. The molecule has 0 saturated heterocycles. The molecule has 0 saturated carbocycles. The summed E-state index contributed by atoms with van der Waals surface area (Å²) in [5.41, 5.74) is 2.71. The Morgan fingerprint density at radius 2 is 1.89 bits per heavy atom. The van der Waals surface area contributed by atoms with Gasteiger partial charge in [0.15, 0.2) is 0 Å². The van der Waals surface area contributed by atoms with Crippen LogP contribution in [0.25, 0.3) is 11.5 Å². The van der Waals surface area contributed by atoms with E-state index in [2.05, 4.69) is 16.3 Å². The van der Waals surface area contributed by atoms with Crippen molar-refractivity contribution in [2.45, 2.75) is 30.7 Å². The van der Waals surface area contributed by atoms with E-state index in [1.54, 1.807) is 11.8 Å². The maximum Gasteiger partial charge on any atom is 0.277 e. The maximum atomic E-state index is 13.0. The molecule has 28 heavy (non-hydrogen) atoms. The van der Waals surface area contributed by atoms with E-state index in [9.17, 15) is 4.79 Å². The highest BCUT2D eigenvalue weighted by atomic mass is 32.2. The standard InChI is InChI=1S/C21H20N4O2S/c1-15-9-11-18(12-10-15)25(14-6-13-22)20(26)16(2)28-21-24-23-19(27-21)17-7-4-3-5-8-17/h3-5,7-12,16H,6,14H2,1-2H3. The molecule has 0 aliphatic carbocycles. The molecule has 7 heteroatoms. The van der Waals surface area contributed by atoms with Crippen LogP contribution < -0.4 is 4.90 Å². The first-order valence-electron chi connectivity index (χ1n) is 8.89. The average Bonchev–Trinajstić information content (AvgIpc) is 3.18. The molecule has 6 nitrogen and oxygen atoms in total. The first-order valence-corrected chi connectivity index (χ1v) is 9.77. The van der Waals surface area contributed by atoms with E-state index in [1.165, 1.54) is 11.8 Å². The van der Waals surface area contributed by atoms with E-state index in [-0.39, 0.29) is 12.3 Å². The van der Waals surface area contributed by atoms with Crippen LogP contribution in [0.5, 0.6) is 0 Å². The van der Waals surface area contributed by atoms with Gasteiger partial charge in [0.05, 0.1) is 17.7 Å². The second-order valence-corrected chi connectivity index (χ2v) is 7.52. The zero-order valence-corrected chi connectivity index (χ0v) is 16.5. The number of rotatable bonds is 7. The van der Waals surface area contributed by atoms with Gasteiger partial charge in [-0.05, 0) is 38.1 Å². The van der Waals surface area contributed by atoms with Gasteiger partial charge < -0.3 is 9.32 Å². The van der Waals surface area contributed by atoms with Gasteiger partial charge in [-0.1, -0.05) is 47.7 Å². The van der Waals surface area contributed by atoms with Gasteiger partial charge in [0.25, 0.3) is 5.22 Å². The summed E-state index contributed by atoms with van der Waals surface area (Å²) in [7, 11) is 0. The topological polar surface area (TPSA) is 83.0 Å².